The molecule has 1 rings (SSSR count). The Balaban J connectivity index is 2.34. The molecular formula is C14H24N2O2. The molecule has 0 heterocycles. The normalized spacial score (nSPS) is 11.8. The largest absolute Gasteiger partial charge is 0.504 e. The van der Waals surface area contributed by atoms with Gasteiger partial charge in [-0.1, -0.05) is 39.8 Å². The van der Waals surface area contributed by atoms with E-state index in [-0.39, 0.29) is 11.2 Å². The van der Waals surface area contributed by atoms with Crippen molar-refractivity contribution < 1.29 is 9.94 Å². The summed E-state index contributed by atoms with van der Waals surface area (Å²) in [6, 6.07) is 7.38. The molecule has 0 aromatic heterocycles. The SMILES string of the molecule is CC(C)NCC(C)(C)CNOc1ccccc1O. The van der Waals surface area contributed by atoms with Gasteiger partial charge in [-0.3, -0.25) is 0 Å². The number of benzene rings is 1. The Morgan fingerprint density at radius 2 is 1.89 bits per heavy atom. The topological polar surface area (TPSA) is 53.5 Å². The van der Waals surface area contributed by atoms with Crippen LogP contribution in [-0.4, -0.2) is 24.2 Å². The second-order valence-corrected chi connectivity index (χ2v) is 5.59. The third-order valence-corrected chi connectivity index (χ3v) is 2.59. The van der Waals surface area contributed by atoms with Crippen LogP contribution in [-0.2, 0) is 0 Å². The second-order valence-electron chi connectivity index (χ2n) is 5.59. The first-order valence-corrected chi connectivity index (χ1v) is 6.32. The smallest absolute Gasteiger partial charge is 0.188 e. The number of nitrogens with one attached hydrogen (secondary N) is 2. The third-order valence-electron chi connectivity index (χ3n) is 2.59. The maximum absolute atomic E-state index is 9.54. The zero-order chi connectivity index (χ0) is 13.6. The van der Waals surface area contributed by atoms with Gasteiger partial charge in [0.15, 0.2) is 11.5 Å². The molecule has 0 saturated carbocycles. The summed E-state index contributed by atoms with van der Waals surface area (Å²) < 4.78 is 0. The van der Waals surface area contributed by atoms with Crippen molar-refractivity contribution in [2.75, 3.05) is 13.1 Å². The minimum Gasteiger partial charge on any atom is -0.504 e. The highest BCUT2D eigenvalue weighted by Crippen LogP contribution is 2.23. The van der Waals surface area contributed by atoms with Gasteiger partial charge in [0.1, 0.15) is 0 Å². The molecule has 1 aromatic rings. The van der Waals surface area contributed by atoms with E-state index < -0.39 is 0 Å². The lowest BCUT2D eigenvalue weighted by Crippen LogP contribution is -2.41. The maximum Gasteiger partial charge on any atom is 0.188 e. The Morgan fingerprint density at radius 1 is 1.22 bits per heavy atom. The Labute approximate surface area is 109 Å². The molecule has 0 saturated heterocycles. The molecule has 4 nitrogen and oxygen atoms in total. The monoisotopic (exact) mass is 252 g/mol. The van der Waals surface area contributed by atoms with Crippen molar-refractivity contribution in [2.45, 2.75) is 33.7 Å². The van der Waals surface area contributed by atoms with Gasteiger partial charge in [0.25, 0.3) is 0 Å². The summed E-state index contributed by atoms with van der Waals surface area (Å²) in [6.45, 7) is 10.2. The molecule has 0 spiro atoms. The zero-order valence-electron chi connectivity index (χ0n) is 11.7. The van der Waals surface area contributed by atoms with E-state index in [0.29, 0.717) is 18.3 Å². The quantitative estimate of drug-likeness (QED) is 0.652. The number of hydroxylamine groups is 1. The standard InChI is InChI=1S/C14H24N2O2/c1-11(2)15-9-14(3,4)10-16-18-13-8-6-5-7-12(13)17/h5-8,11,15-17H,9-10H2,1-4H3. The first-order valence-electron chi connectivity index (χ1n) is 6.32. The minimum absolute atomic E-state index is 0.0780. The van der Waals surface area contributed by atoms with Crippen molar-refractivity contribution in [1.82, 2.24) is 10.8 Å². The summed E-state index contributed by atoms with van der Waals surface area (Å²) in [6.07, 6.45) is 0. The lowest BCUT2D eigenvalue weighted by Gasteiger charge is -2.26. The van der Waals surface area contributed by atoms with E-state index in [1.807, 2.05) is 6.07 Å². The van der Waals surface area contributed by atoms with E-state index >= 15 is 0 Å². The van der Waals surface area contributed by atoms with Crippen LogP contribution >= 0.6 is 0 Å². The first kappa shape index (κ1) is 14.8. The van der Waals surface area contributed by atoms with Gasteiger partial charge in [0.05, 0.1) is 0 Å². The van der Waals surface area contributed by atoms with Gasteiger partial charge in [-0.25, -0.2) is 0 Å². The molecule has 0 bridgehead atoms. The van der Waals surface area contributed by atoms with Crippen LogP contribution in [0.1, 0.15) is 27.7 Å². The molecule has 18 heavy (non-hydrogen) atoms. The molecule has 0 fully saturated rings. The van der Waals surface area contributed by atoms with Crippen molar-refractivity contribution in [1.29, 1.82) is 0 Å². The number of rotatable bonds is 7. The predicted octanol–water partition coefficient (Wildman–Crippen LogP) is 2.30. The molecule has 3 N–H and O–H groups in total. The van der Waals surface area contributed by atoms with E-state index in [2.05, 4.69) is 38.5 Å². The van der Waals surface area contributed by atoms with E-state index in [0.717, 1.165) is 6.54 Å². The fourth-order valence-electron chi connectivity index (χ4n) is 1.40. The summed E-state index contributed by atoms with van der Waals surface area (Å²) in [4.78, 5) is 5.35. The van der Waals surface area contributed by atoms with Crippen LogP contribution in [0.4, 0.5) is 0 Å². The summed E-state index contributed by atoms with van der Waals surface area (Å²) in [5.41, 5.74) is 2.98. The van der Waals surface area contributed by atoms with Crippen LogP contribution < -0.4 is 15.6 Å². The minimum atomic E-state index is 0.0780. The van der Waals surface area contributed by atoms with Crippen LogP contribution in [0.3, 0.4) is 0 Å². The Bertz CT molecular complexity index is 365. The van der Waals surface area contributed by atoms with Gasteiger partial charge < -0.3 is 15.3 Å². The average molecular weight is 252 g/mol. The van der Waals surface area contributed by atoms with E-state index in [9.17, 15) is 5.11 Å². The molecule has 0 atom stereocenters. The van der Waals surface area contributed by atoms with Crippen LogP contribution in [0.2, 0.25) is 0 Å². The molecule has 4 heteroatoms. The number of para-hydroxylation sites is 2. The number of aromatic hydroxyl groups is 1. The summed E-state index contributed by atoms with van der Waals surface area (Å²) in [5.74, 6) is 0.591. The molecule has 0 radical (unpaired) electrons. The third kappa shape index (κ3) is 5.38. The Hall–Kier alpha value is -1.26. The highest BCUT2D eigenvalue weighted by atomic mass is 16.6. The van der Waals surface area contributed by atoms with Crippen LogP contribution in [0.5, 0.6) is 11.5 Å². The van der Waals surface area contributed by atoms with Gasteiger partial charge in [-0.2, -0.15) is 5.48 Å². The van der Waals surface area contributed by atoms with Crippen molar-refractivity contribution in [3.63, 3.8) is 0 Å². The van der Waals surface area contributed by atoms with Gasteiger partial charge in [0.2, 0.25) is 0 Å². The lowest BCUT2D eigenvalue weighted by atomic mass is 9.93. The zero-order valence-corrected chi connectivity index (χ0v) is 11.7. The fraction of sp³-hybridized carbons (Fsp3) is 0.571. The van der Waals surface area contributed by atoms with Crippen molar-refractivity contribution in [3.8, 4) is 11.5 Å². The molecule has 102 valence electrons. The number of hydrogen-bond donors (Lipinski definition) is 3. The maximum atomic E-state index is 9.54. The van der Waals surface area contributed by atoms with Crippen molar-refractivity contribution in [2.24, 2.45) is 5.41 Å². The molecule has 0 aliphatic heterocycles. The highest BCUT2D eigenvalue weighted by Gasteiger charge is 2.18. The van der Waals surface area contributed by atoms with Crippen LogP contribution in [0, 0.1) is 5.41 Å². The van der Waals surface area contributed by atoms with Gasteiger partial charge in [-0.15, -0.1) is 0 Å². The average Bonchev–Trinajstić information content (AvgIpc) is 2.29. The van der Waals surface area contributed by atoms with Crippen LogP contribution in [0.15, 0.2) is 24.3 Å². The van der Waals surface area contributed by atoms with Crippen molar-refractivity contribution >= 4 is 0 Å². The Morgan fingerprint density at radius 3 is 2.50 bits per heavy atom. The second kappa shape index (κ2) is 6.61. The van der Waals surface area contributed by atoms with Gasteiger partial charge >= 0.3 is 0 Å². The number of phenolic OH excluding ortho intramolecular Hbond substituents is 1. The first-order chi connectivity index (χ1) is 8.41. The highest BCUT2D eigenvalue weighted by molar-refractivity contribution is 5.37. The summed E-state index contributed by atoms with van der Waals surface area (Å²) >= 11 is 0. The lowest BCUT2D eigenvalue weighted by molar-refractivity contribution is 0.142. The molecule has 0 amide bonds. The number of hydrogen-bond acceptors (Lipinski definition) is 4. The molecule has 0 unspecified atom stereocenters. The van der Waals surface area contributed by atoms with E-state index in [4.69, 9.17) is 4.84 Å². The molecular weight excluding hydrogens is 228 g/mol. The summed E-state index contributed by atoms with van der Waals surface area (Å²) in [7, 11) is 0. The molecule has 0 aliphatic rings. The van der Waals surface area contributed by atoms with E-state index in [1.54, 1.807) is 18.2 Å². The van der Waals surface area contributed by atoms with Gasteiger partial charge in [-0.05, 0) is 17.5 Å². The summed E-state index contributed by atoms with van der Waals surface area (Å²) in [5, 5.41) is 12.9. The predicted molar refractivity (Wildman–Crippen MR) is 73.7 cm³/mol. The Kier molecular flexibility index (Phi) is 5.44. The van der Waals surface area contributed by atoms with Crippen LogP contribution in [0.25, 0.3) is 0 Å². The molecule has 0 aliphatic carbocycles. The fourth-order valence-corrected chi connectivity index (χ4v) is 1.40. The van der Waals surface area contributed by atoms with E-state index in [1.165, 1.54) is 0 Å². The van der Waals surface area contributed by atoms with Crippen molar-refractivity contribution in [3.05, 3.63) is 24.3 Å². The molecule has 1 aromatic carbocycles. The van der Waals surface area contributed by atoms with Gasteiger partial charge in [0, 0.05) is 19.1 Å². The number of phenols is 1.